The molecular formula is C25H31NO5Si. The average molecular weight is 454 g/mol. The van der Waals surface area contributed by atoms with Gasteiger partial charge >= 0.3 is 5.97 Å². The second kappa shape index (κ2) is 11.6. The number of benzene rings is 2. The predicted molar refractivity (Wildman–Crippen MR) is 127 cm³/mol. The van der Waals surface area contributed by atoms with Crippen molar-refractivity contribution in [2.75, 3.05) is 20.3 Å². The largest absolute Gasteiger partial charge is 0.467 e. The third-order valence-electron chi connectivity index (χ3n) is 5.14. The minimum Gasteiger partial charge on any atom is -0.467 e. The number of methoxy groups -OCH3 is 1. The Kier molecular flexibility index (Phi) is 9.21. The molecule has 2 N–H and O–H groups in total. The van der Waals surface area contributed by atoms with E-state index in [4.69, 9.17) is 4.43 Å². The molecule has 0 saturated heterocycles. The molecule has 0 aliphatic carbocycles. The number of carbonyl (C=O) groups is 2. The second-order valence-electron chi connectivity index (χ2n) is 8.30. The molecule has 170 valence electrons. The van der Waals surface area contributed by atoms with Crippen molar-refractivity contribution in [3.8, 4) is 11.8 Å². The lowest BCUT2D eigenvalue weighted by atomic mass is 10.2. The Labute approximate surface area is 191 Å². The minimum absolute atomic E-state index is 0.143. The van der Waals surface area contributed by atoms with E-state index in [1.807, 2.05) is 36.4 Å². The molecule has 0 radical (unpaired) electrons. The summed E-state index contributed by atoms with van der Waals surface area (Å²) in [5.74, 6) is 3.87. The molecule has 0 heterocycles. The molecule has 0 bridgehead atoms. The quantitative estimate of drug-likeness (QED) is 0.275. The van der Waals surface area contributed by atoms with E-state index in [0.717, 1.165) is 0 Å². The van der Waals surface area contributed by atoms with E-state index in [-0.39, 0.29) is 5.04 Å². The molecule has 6 nitrogen and oxygen atoms in total. The maximum absolute atomic E-state index is 12.0. The van der Waals surface area contributed by atoms with Crippen molar-refractivity contribution in [3.63, 3.8) is 0 Å². The monoisotopic (exact) mass is 453 g/mol. The highest BCUT2D eigenvalue weighted by molar-refractivity contribution is 6.99. The summed E-state index contributed by atoms with van der Waals surface area (Å²) in [7, 11) is -1.46. The topological polar surface area (TPSA) is 84.9 Å². The Bertz CT molecular complexity index is 906. The van der Waals surface area contributed by atoms with Crippen LogP contribution in [0.1, 0.15) is 27.2 Å². The van der Waals surface area contributed by atoms with Crippen molar-refractivity contribution in [2.24, 2.45) is 0 Å². The first-order chi connectivity index (χ1) is 15.3. The second-order valence-corrected chi connectivity index (χ2v) is 12.6. The summed E-state index contributed by atoms with van der Waals surface area (Å²) in [6, 6.07) is 19.4. The van der Waals surface area contributed by atoms with Crippen LogP contribution in [-0.4, -0.2) is 51.7 Å². The van der Waals surface area contributed by atoms with Crippen molar-refractivity contribution < 1.29 is 23.9 Å². The molecule has 0 aliphatic heterocycles. The molecule has 2 rings (SSSR count). The summed E-state index contributed by atoms with van der Waals surface area (Å²) in [6.07, 6.45) is 0.347. The fourth-order valence-electron chi connectivity index (χ4n) is 3.68. The molecule has 7 heteroatoms. The summed E-state index contributed by atoms with van der Waals surface area (Å²) in [6.45, 7) is 6.38. The number of hydrogen-bond donors (Lipinski definition) is 2. The molecule has 32 heavy (non-hydrogen) atoms. The van der Waals surface area contributed by atoms with Crippen LogP contribution in [0.2, 0.25) is 5.04 Å². The summed E-state index contributed by atoms with van der Waals surface area (Å²) >= 11 is 0. The number of aliphatic hydroxyl groups is 1. The van der Waals surface area contributed by atoms with Gasteiger partial charge in [0.05, 0.1) is 13.7 Å². The number of nitrogens with one attached hydrogen (secondary N) is 1. The summed E-state index contributed by atoms with van der Waals surface area (Å²) in [4.78, 5) is 23.4. The average Bonchev–Trinajstić information content (AvgIpc) is 2.79. The van der Waals surface area contributed by atoms with Crippen molar-refractivity contribution in [2.45, 2.75) is 38.3 Å². The van der Waals surface area contributed by atoms with E-state index in [1.54, 1.807) is 0 Å². The molecule has 0 spiro atoms. The van der Waals surface area contributed by atoms with Crippen LogP contribution in [0.5, 0.6) is 0 Å². The van der Waals surface area contributed by atoms with Gasteiger partial charge in [-0.15, -0.1) is 0 Å². The van der Waals surface area contributed by atoms with Gasteiger partial charge in [-0.05, 0) is 21.3 Å². The predicted octanol–water partition coefficient (Wildman–Crippen LogP) is 1.61. The first-order valence-electron chi connectivity index (χ1n) is 10.5. The van der Waals surface area contributed by atoms with E-state index < -0.39 is 32.8 Å². The molecule has 1 atom stereocenters. The number of rotatable bonds is 8. The lowest BCUT2D eigenvalue weighted by molar-refractivity contribution is -0.145. The highest BCUT2D eigenvalue weighted by Crippen LogP contribution is 2.36. The van der Waals surface area contributed by atoms with Gasteiger partial charge in [0.1, 0.15) is 0 Å². The first-order valence-corrected chi connectivity index (χ1v) is 12.4. The van der Waals surface area contributed by atoms with Crippen LogP contribution >= 0.6 is 0 Å². The van der Waals surface area contributed by atoms with Gasteiger partial charge in [0.2, 0.25) is 0 Å². The van der Waals surface area contributed by atoms with Crippen LogP contribution in [0.3, 0.4) is 0 Å². The van der Waals surface area contributed by atoms with Crippen LogP contribution in [0.15, 0.2) is 60.7 Å². The van der Waals surface area contributed by atoms with Gasteiger partial charge in [-0.3, -0.25) is 4.79 Å². The van der Waals surface area contributed by atoms with Crippen LogP contribution in [0.25, 0.3) is 0 Å². The zero-order chi connectivity index (χ0) is 23.6. The van der Waals surface area contributed by atoms with Crippen LogP contribution in [0.4, 0.5) is 0 Å². The number of amides is 1. The number of aliphatic hydroxyl groups excluding tert-OH is 1. The van der Waals surface area contributed by atoms with Gasteiger partial charge in [0.25, 0.3) is 14.2 Å². The maximum Gasteiger partial charge on any atom is 0.330 e. The SMILES string of the molecule is COC(=O)[C@H](CO)NC(=O)C#CCCO[Si](c1ccccc1)(c1ccccc1)C(C)(C)C. The standard InChI is InChI=1S/C25H31NO5Si/c1-25(2,3)32(20-13-7-5-8-14-20,21-15-9-6-10-16-21)31-18-12-11-17-23(28)26-22(19-27)24(29)30-4/h5-10,13-16,22,27H,12,18-19H2,1-4H3,(H,26,28)/t22-/m0/s1. The minimum atomic E-state index is -2.64. The molecule has 0 aromatic heterocycles. The van der Waals surface area contributed by atoms with Crippen LogP contribution < -0.4 is 15.7 Å². The van der Waals surface area contributed by atoms with E-state index in [0.29, 0.717) is 13.0 Å². The van der Waals surface area contributed by atoms with Crippen LogP contribution in [-0.2, 0) is 18.8 Å². The molecule has 2 aromatic rings. The lowest BCUT2D eigenvalue weighted by Crippen LogP contribution is -2.66. The van der Waals surface area contributed by atoms with E-state index >= 15 is 0 Å². The number of carbonyl (C=O) groups excluding carboxylic acids is 2. The van der Waals surface area contributed by atoms with Gasteiger partial charge in [0.15, 0.2) is 6.04 Å². The molecule has 2 aromatic carbocycles. The molecule has 0 saturated carbocycles. The first kappa shape index (κ1) is 25.3. The normalized spacial score (nSPS) is 12.3. The Balaban J connectivity index is 2.19. The van der Waals surface area contributed by atoms with Crippen molar-refractivity contribution in [3.05, 3.63) is 60.7 Å². The van der Waals surface area contributed by atoms with Crippen molar-refractivity contribution in [1.29, 1.82) is 0 Å². The fraction of sp³-hybridized carbons (Fsp3) is 0.360. The van der Waals surface area contributed by atoms with Crippen LogP contribution in [0, 0.1) is 11.8 Å². The molecule has 0 unspecified atom stereocenters. The Hall–Kier alpha value is -2.92. The van der Waals surface area contributed by atoms with E-state index in [2.05, 4.69) is 66.9 Å². The Morgan fingerprint density at radius 3 is 2.00 bits per heavy atom. The smallest absolute Gasteiger partial charge is 0.330 e. The van der Waals surface area contributed by atoms with Gasteiger partial charge < -0.3 is 19.6 Å². The zero-order valence-corrected chi connectivity index (χ0v) is 20.1. The summed E-state index contributed by atoms with van der Waals surface area (Å²) < 4.78 is 11.2. The third-order valence-corrected chi connectivity index (χ3v) is 10.2. The van der Waals surface area contributed by atoms with Crippen molar-refractivity contribution in [1.82, 2.24) is 5.32 Å². The van der Waals surface area contributed by atoms with Gasteiger partial charge in [-0.2, -0.15) is 0 Å². The number of ether oxygens (including phenoxy) is 1. The third kappa shape index (κ3) is 6.07. The molecule has 1 amide bonds. The molecular weight excluding hydrogens is 422 g/mol. The fourth-order valence-corrected chi connectivity index (χ4v) is 8.24. The zero-order valence-electron chi connectivity index (χ0n) is 19.1. The van der Waals surface area contributed by atoms with Gasteiger partial charge in [0, 0.05) is 13.0 Å². The van der Waals surface area contributed by atoms with E-state index in [9.17, 15) is 14.7 Å². The highest BCUT2D eigenvalue weighted by Gasteiger charge is 2.49. The van der Waals surface area contributed by atoms with Gasteiger partial charge in [-0.1, -0.05) is 87.4 Å². The molecule has 0 fully saturated rings. The van der Waals surface area contributed by atoms with E-state index in [1.165, 1.54) is 17.5 Å². The number of hydrogen-bond acceptors (Lipinski definition) is 5. The number of esters is 1. The maximum atomic E-state index is 12.0. The Morgan fingerprint density at radius 1 is 1.03 bits per heavy atom. The van der Waals surface area contributed by atoms with Gasteiger partial charge in [-0.25, -0.2) is 4.79 Å². The summed E-state index contributed by atoms with van der Waals surface area (Å²) in [5, 5.41) is 13.7. The lowest BCUT2D eigenvalue weighted by Gasteiger charge is -2.43. The van der Waals surface area contributed by atoms with Crippen molar-refractivity contribution >= 4 is 30.6 Å². The highest BCUT2D eigenvalue weighted by atomic mass is 28.4. The summed E-state index contributed by atoms with van der Waals surface area (Å²) in [5.41, 5.74) is 0. The Morgan fingerprint density at radius 2 is 1.56 bits per heavy atom. The molecule has 0 aliphatic rings.